The average Bonchev–Trinajstić information content (AvgIpc) is 2.83. The van der Waals surface area contributed by atoms with Gasteiger partial charge in [-0.3, -0.25) is 0 Å². The monoisotopic (exact) mass is 512 g/mol. The number of halogens is 7. The van der Waals surface area contributed by atoms with Gasteiger partial charge in [0, 0.05) is 6.54 Å². The predicted octanol–water partition coefficient (Wildman–Crippen LogP) is 6.06. The van der Waals surface area contributed by atoms with Gasteiger partial charge >= 0.3 is 6.18 Å². The van der Waals surface area contributed by atoms with Crippen molar-refractivity contribution in [2.75, 3.05) is 19.0 Å². The van der Waals surface area contributed by atoms with Crippen molar-refractivity contribution in [3.8, 4) is 17.2 Å². The van der Waals surface area contributed by atoms with E-state index < -0.39 is 40.9 Å². The van der Waals surface area contributed by atoms with E-state index in [1.165, 1.54) is 25.3 Å². The first-order valence-corrected chi connectivity index (χ1v) is 10.2. The van der Waals surface area contributed by atoms with E-state index >= 15 is 0 Å². The molecule has 4 rings (SSSR count). The molecule has 36 heavy (non-hydrogen) atoms. The number of anilines is 1. The highest BCUT2D eigenvalue weighted by atomic mass is 19.4. The smallest absolute Gasteiger partial charge is 0.436 e. The number of aromatic nitrogens is 3. The van der Waals surface area contributed by atoms with E-state index in [-0.39, 0.29) is 41.0 Å². The van der Waals surface area contributed by atoms with E-state index in [4.69, 9.17) is 9.47 Å². The second-order valence-electron chi connectivity index (χ2n) is 7.33. The topological polar surface area (TPSA) is 69.2 Å². The number of hydrogen-bond acceptors (Lipinski definition) is 6. The molecule has 188 valence electrons. The molecule has 13 heteroatoms. The van der Waals surface area contributed by atoms with Crippen LogP contribution in [0.1, 0.15) is 11.3 Å². The number of pyridine rings is 1. The fourth-order valence-electron chi connectivity index (χ4n) is 3.36. The van der Waals surface area contributed by atoms with E-state index in [0.717, 1.165) is 18.5 Å². The first-order valence-electron chi connectivity index (χ1n) is 10.2. The first-order chi connectivity index (χ1) is 17.1. The second-order valence-corrected chi connectivity index (χ2v) is 7.33. The van der Waals surface area contributed by atoms with Crippen LogP contribution in [-0.2, 0) is 12.6 Å². The minimum Gasteiger partial charge on any atom is -0.493 e. The quantitative estimate of drug-likeness (QED) is 0.304. The van der Waals surface area contributed by atoms with Gasteiger partial charge in [-0.2, -0.15) is 13.2 Å². The van der Waals surface area contributed by atoms with Gasteiger partial charge in [0.25, 0.3) is 0 Å². The Morgan fingerprint density at radius 1 is 0.889 bits per heavy atom. The summed E-state index contributed by atoms with van der Waals surface area (Å²) in [6.45, 7) is 0.202. The lowest BCUT2D eigenvalue weighted by molar-refractivity contribution is -0.143. The minimum absolute atomic E-state index is 0.0164. The van der Waals surface area contributed by atoms with E-state index in [1.807, 2.05) is 0 Å². The number of rotatable bonds is 7. The van der Waals surface area contributed by atoms with Crippen LogP contribution in [0.25, 0.3) is 10.9 Å². The third kappa shape index (κ3) is 4.95. The summed E-state index contributed by atoms with van der Waals surface area (Å²) in [7, 11) is 1.23. The highest BCUT2D eigenvalue weighted by molar-refractivity contribution is 5.89. The highest BCUT2D eigenvalue weighted by Crippen LogP contribution is 2.39. The Hall–Kier alpha value is -4.16. The predicted molar refractivity (Wildman–Crippen MR) is 114 cm³/mol. The number of nitrogens with zero attached hydrogens (tertiary/aromatic N) is 3. The van der Waals surface area contributed by atoms with Crippen molar-refractivity contribution in [1.82, 2.24) is 15.0 Å². The molecule has 4 aromatic rings. The van der Waals surface area contributed by atoms with Gasteiger partial charge in [-0.25, -0.2) is 32.5 Å². The number of ether oxygens (including phenoxy) is 2. The van der Waals surface area contributed by atoms with Crippen molar-refractivity contribution in [2.24, 2.45) is 0 Å². The van der Waals surface area contributed by atoms with E-state index in [1.54, 1.807) is 0 Å². The van der Waals surface area contributed by atoms with Crippen LogP contribution in [-0.4, -0.2) is 28.6 Å². The summed E-state index contributed by atoms with van der Waals surface area (Å²) in [6.07, 6.45) is -3.56. The Kier molecular flexibility index (Phi) is 6.82. The lowest BCUT2D eigenvalue weighted by Gasteiger charge is -2.15. The van der Waals surface area contributed by atoms with Crippen molar-refractivity contribution >= 4 is 16.7 Å². The summed E-state index contributed by atoms with van der Waals surface area (Å²) in [6, 6.07) is 6.10. The molecule has 0 radical (unpaired) electrons. The number of nitrogens with one attached hydrogen (secondary N) is 1. The molecule has 2 aromatic heterocycles. The molecule has 2 heterocycles. The number of hydrogen-bond donors (Lipinski definition) is 1. The molecule has 6 nitrogen and oxygen atoms in total. The number of methoxy groups -OCH3 is 1. The molecule has 1 N–H and O–H groups in total. The van der Waals surface area contributed by atoms with Crippen LogP contribution in [0.2, 0.25) is 0 Å². The molecule has 0 fully saturated rings. The van der Waals surface area contributed by atoms with Crippen LogP contribution >= 0.6 is 0 Å². The first kappa shape index (κ1) is 24.9. The molecule has 0 spiro atoms. The molecule has 0 bridgehead atoms. The third-order valence-electron chi connectivity index (χ3n) is 5.03. The fraction of sp³-hybridized carbons (Fsp3) is 0.174. The SMILES string of the molecule is COc1cc(CCNc2ncnc3c(F)ccc(F)c23)ccc1Oc1c(F)cnc(C(F)(F)F)c1F. The number of alkyl halides is 3. The zero-order valence-electron chi connectivity index (χ0n) is 18.3. The standard InChI is InChI=1S/C23H15F7N4O2/c1-35-16-8-11(6-7-31-22-17-12(24)3-4-13(25)19(17)33-10-34-22)2-5-15(16)36-20-14(26)9-32-21(18(20)27)23(28,29)30/h2-5,8-10H,6-7H2,1H3,(H,31,33,34). The third-order valence-corrected chi connectivity index (χ3v) is 5.03. The minimum atomic E-state index is -5.15. The van der Waals surface area contributed by atoms with Crippen molar-refractivity contribution in [3.05, 3.63) is 77.4 Å². The van der Waals surface area contributed by atoms with Crippen LogP contribution in [0.4, 0.5) is 36.6 Å². The Balaban J connectivity index is 1.52. The molecule has 2 aromatic carbocycles. The van der Waals surface area contributed by atoms with E-state index in [2.05, 4.69) is 20.3 Å². The molecule has 0 aliphatic rings. The van der Waals surface area contributed by atoms with Crippen molar-refractivity contribution in [1.29, 1.82) is 0 Å². The number of fused-ring (bicyclic) bond motifs is 1. The Bertz CT molecular complexity index is 1430. The van der Waals surface area contributed by atoms with Crippen molar-refractivity contribution < 1.29 is 40.2 Å². The van der Waals surface area contributed by atoms with E-state index in [0.29, 0.717) is 12.0 Å². The maximum absolute atomic E-state index is 14.3. The molecule has 0 aliphatic heterocycles. The van der Waals surface area contributed by atoms with Crippen LogP contribution in [0.5, 0.6) is 17.2 Å². The van der Waals surface area contributed by atoms with Crippen LogP contribution in [0.15, 0.2) is 42.9 Å². The Morgan fingerprint density at radius 2 is 1.64 bits per heavy atom. The molecule has 0 aliphatic carbocycles. The molecule has 0 unspecified atom stereocenters. The summed E-state index contributed by atoms with van der Waals surface area (Å²) >= 11 is 0. The summed E-state index contributed by atoms with van der Waals surface area (Å²) in [4.78, 5) is 10.4. The summed E-state index contributed by atoms with van der Waals surface area (Å²) < 4.78 is 105. The van der Waals surface area contributed by atoms with Crippen molar-refractivity contribution in [2.45, 2.75) is 12.6 Å². The van der Waals surface area contributed by atoms with Crippen molar-refractivity contribution in [3.63, 3.8) is 0 Å². The van der Waals surface area contributed by atoms with Gasteiger partial charge in [-0.1, -0.05) is 6.07 Å². The zero-order chi connectivity index (χ0) is 26.0. The van der Waals surface area contributed by atoms with Crippen LogP contribution in [0.3, 0.4) is 0 Å². The van der Waals surface area contributed by atoms with Gasteiger partial charge in [-0.05, 0) is 36.2 Å². The maximum atomic E-state index is 14.3. The maximum Gasteiger partial charge on any atom is 0.436 e. The fourth-order valence-corrected chi connectivity index (χ4v) is 3.36. The van der Waals surface area contributed by atoms with Gasteiger partial charge in [0.1, 0.15) is 29.3 Å². The molecule has 0 saturated carbocycles. The number of benzene rings is 2. The lowest BCUT2D eigenvalue weighted by atomic mass is 10.1. The van der Waals surface area contributed by atoms with Crippen LogP contribution < -0.4 is 14.8 Å². The van der Waals surface area contributed by atoms with Crippen LogP contribution in [0, 0.1) is 23.3 Å². The zero-order valence-corrected chi connectivity index (χ0v) is 18.3. The summed E-state index contributed by atoms with van der Waals surface area (Å²) in [5.41, 5.74) is -1.49. The molecular formula is C23H15F7N4O2. The average molecular weight is 512 g/mol. The summed E-state index contributed by atoms with van der Waals surface area (Å²) in [5, 5.41) is 2.78. The molecule has 0 atom stereocenters. The second kappa shape index (κ2) is 9.84. The largest absolute Gasteiger partial charge is 0.493 e. The molecule has 0 amide bonds. The normalized spacial score (nSPS) is 11.6. The van der Waals surface area contributed by atoms with Gasteiger partial charge in [-0.15, -0.1) is 0 Å². The Labute approximate surface area is 198 Å². The Morgan fingerprint density at radius 3 is 2.36 bits per heavy atom. The molecular weight excluding hydrogens is 497 g/mol. The van der Waals surface area contributed by atoms with Gasteiger partial charge in [0.15, 0.2) is 28.8 Å². The van der Waals surface area contributed by atoms with E-state index in [9.17, 15) is 30.7 Å². The molecule has 0 saturated heterocycles. The highest BCUT2D eigenvalue weighted by Gasteiger charge is 2.38. The van der Waals surface area contributed by atoms with Gasteiger partial charge < -0.3 is 14.8 Å². The summed E-state index contributed by atoms with van der Waals surface area (Å²) in [5.74, 6) is -6.32. The lowest BCUT2D eigenvalue weighted by Crippen LogP contribution is -2.13. The van der Waals surface area contributed by atoms with Gasteiger partial charge in [0.2, 0.25) is 5.75 Å². The van der Waals surface area contributed by atoms with Gasteiger partial charge in [0.05, 0.1) is 18.7 Å².